The van der Waals surface area contributed by atoms with Crippen LogP contribution in [0.1, 0.15) is 42.5 Å². The number of benzene rings is 2. The van der Waals surface area contributed by atoms with Gasteiger partial charge in [-0.3, -0.25) is 14.9 Å². The summed E-state index contributed by atoms with van der Waals surface area (Å²) in [6.45, 7) is 2.26. The van der Waals surface area contributed by atoms with Gasteiger partial charge in [-0.05, 0) is 47.8 Å². The van der Waals surface area contributed by atoms with Gasteiger partial charge in [0.15, 0.2) is 6.20 Å². The molecule has 0 saturated carbocycles. The van der Waals surface area contributed by atoms with Gasteiger partial charge in [0, 0.05) is 17.6 Å². The minimum Gasteiger partial charge on any atom is -0.351 e. The molecule has 1 saturated heterocycles. The third kappa shape index (κ3) is 5.65. The maximum Gasteiger partial charge on any atom is 0.386 e. The highest BCUT2D eigenvalue weighted by Crippen LogP contribution is 2.36. The van der Waals surface area contributed by atoms with E-state index in [1.54, 1.807) is 48.2 Å². The number of carbonyl (C=O) groups is 3. The zero-order valence-electron chi connectivity index (χ0n) is 23.4. The molecule has 0 spiro atoms. The first-order valence-electron chi connectivity index (χ1n) is 13.9. The summed E-state index contributed by atoms with van der Waals surface area (Å²) in [5.74, 6) is 0.197. The summed E-state index contributed by atoms with van der Waals surface area (Å²) in [4.78, 5) is 43.5. The van der Waals surface area contributed by atoms with E-state index in [-0.39, 0.29) is 37.6 Å². The Balaban J connectivity index is 1.19. The molecule has 13 heteroatoms. The van der Waals surface area contributed by atoms with Gasteiger partial charge in [-0.1, -0.05) is 54.1 Å². The fourth-order valence-corrected chi connectivity index (χ4v) is 8.14. The van der Waals surface area contributed by atoms with Gasteiger partial charge in [0.25, 0.3) is 5.82 Å². The third-order valence-electron chi connectivity index (χ3n) is 8.05. The van der Waals surface area contributed by atoms with E-state index in [1.165, 1.54) is 9.21 Å². The number of imide groups is 1. The molecule has 2 N–H and O–H groups in total. The van der Waals surface area contributed by atoms with Crippen LogP contribution < -0.4 is 10.6 Å². The molecule has 1 fully saturated rings. The summed E-state index contributed by atoms with van der Waals surface area (Å²) in [5, 5.41) is 5.62. The van der Waals surface area contributed by atoms with Crippen molar-refractivity contribution in [2.75, 3.05) is 13.1 Å². The number of allylic oxidation sites excluding steroid dienone is 1. The van der Waals surface area contributed by atoms with E-state index in [1.807, 2.05) is 30.3 Å². The number of nitrogens with zero attached hydrogens (tertiary/aromatic N) is 4. The second-order valence-electron chi connectivity index (χ2n) is 10.8. The van der Waals surface area contributed by atoms with Crippen LogP contribution in [0.2, 0.25) is 5.02 Å². The smallest absolute Gasteiger partial charge is 0.351 e. The number of fused-ring (bicyclic) bond motifs is 2. The number of urea groups is 1. The predicted molar refractivity (Wildman–Crippen MR) is 161 cm³/mol. The summed E-state index contributed by atoms with van der Waals surface area (Å²) >= 11 is 6.30. The normalized spacial score (nSPS) is 22.0. The lowest BCUT2D eigenvalue weighted by Gasteiger charge is -2.40. The summed E-state index contributed by atoms with van der Waals surface area (Å²) in [6.07, 6.45) is 6.06. The fraction of sp³-hybridized carbons (Fsp3) is 0.300. The van der Waals surface area contributed by atoms with E-state index in [2.05, 4.69) is 15.6 Å². The fourth-order valence-electron chi connectivity index (χ4n) is 5.91. The second-order valence-corrected chi connectivity index (χ2v) is 13.1. The first-order valence-corrected chi connectivity index (χ1v) is 15.9. The Morgan fingerprint density at radius 3 is 2.72 bits per heavy atom. The highest BCUT2D eigenvalue weighted by atomic mass is 35.5. The Morgan fingerprint density at radius 2 is 1.93 bits per heavy atom. The summed E-state index contributed by atoms with van der Waals surface area (Å²) in [6, 6.07) is 12.4. The van der Waals surface area contributed by atoms with Gasteiger partial charge in [-0.25, -0.2) is 22.7 Å². The van der Waals surface area contributed by atoms with E-state index in [9.17, 15) is 22.8 Å². The van der Waals surface area contributed by atoms with Crippen molar-refractivity contribution < 1.29 is 27.4 Å². The molecule has 4 aliphatic heterocycles. The largest absolute Gasteiger partial charge is 0.386 e. The first-order chi connectivity index (χ1) is 20.6. The van der Waals surface area contributed by atoms with Gasteiger partial charge in [0.2, 0.25) is 27.7 Å². The molecule has 11 nitrogen and oxygen atoms in total. The number of aliphatic imine (C=N–C) groups is 1. The highest BCUT2D eigenvalue weighted by Gasteiger charge is 2.43. The third-order valence-corrected chi connectivity index (χ3v) is 10.3. The number of carbonyl (C=O) groups excluding carboxylic acids is 3. The zero-order chi connectivity index (χ0) is 30.3. The van der Waals surface area contributed by atoms with Crippen LogP contribution in [0.5, 0.6) is 0 Å². The Kier molecular flexibility index (Phi) is 7.75. The van der Waals surface area contributed by atoms with Crippen LogP contribution >= 0.6 is 11.6 Å². The van der Waals surface area contributed by atoms with Crippen molar-refractivity contribution in [3.05, 3.63) is 93.9 Å². The average Bonchev–Trinajstić information content (AvgIpc) is 3.40. The number of halogens is 1. The number of amidine groups is 1. The maximum absolute atomic E-state index is 13.9. The van der Waals surface area contributed by atoms with Crippen LogP contribution in [0.15, 0.2) is 77.2 Å². The van der Waals surface area contributed by atoms with Gasteiger partial charge < -0.3 is 5.32 Å². The van der Waals surface area contributed by atoms with Crippen molar-refractivity contribution in [3.63, 3.8) is 0 Å². The van der Waals surface area contributed by atoms with Crippen LogP contribution in [-0.2, 0) is 31.8 Å². The Bertz CT molecular complexity index is 1770. The van der Waals surface area contributed by atoms with Gasteiger partial charge in [-0.2, -0.15) is 4.31 Å². The molecule has 0 aliphatic carbocycles. The van der Waals surface area contributed by atoms with Crippen molar-refractivity contribution >= 4 is 51.5 Å². The lowest BCUT2D eigenvalue weighted by Crippen LogP contribution is -2.54. The van der Waals surface area contributed by atoms with Gasteiger partial charge in [0.1, 0.15) is 6.04 Å². The monoisotopic (exact) mass is 621 g/mol. The molecule has 0 radical (unpaired) electrons. The van der Waals surface area contributed by atoms with Crippen LogP contribution in [-0.4, -0.2) is 71.2 Å². The maximum atomic E-state index is 13.9. The molecule has 0 unspecified atom stereocenters. The van der Waals surface area contributed by atoms with E-state index >= 15 is 0 Å². The molecule has 6 rings (SSSR count). The molecule has 4 heterocycles. The van der Waals surface area contributed by atoms with Gasteiger partial charge in [0.05, 0.1) is 31.4 Å². The Morgan fingerprint density at radius 1 is 1.16 bits per heavy atom. The molecule has 4 amide bonds. The summed E-state index contributed by atoms with van der Waals surface area (Å²) in [5.41, 5.74) is 3.14. The molecule has 0 aromatic heterocycles. The standard InChI is InChI=1S/C30H29ClN6O5S/c1-19-23-8-4-2-6-21(23)15-25(37(19)43(41,42)18-22-7-3-5-9-24(22)31)29(39)33-16-20-10-12-35-26(14-20)32-17-28(35)36-13-11-27(38)34-30(36)40/h2-10,12,17,19,25H,11,13-16,18H2,1H3,(H-,33,34,38,39,40)/p+1/t19-,25-/m0/s1. The van der Waals surface area contributed by atoms with Gasteiger partial charge >= 0.3 is 6.03 Å². The number of nitrogens with one attached hydrogen (secondary N) is 2. The second kappa shape index (κ2) is 11.5. The average molecular weight is 622 g/mol. The van der Waals surface area contributed by atoms with Crippen LogP contribution in [0.4, 0.5) is 4.79 Å². The number of amides is 4. The SMILES string of the molecule is C[C@H]1c2ccccc2C[C@@H](C(=O)NCC2=CC=[N+]3C(N4CCC(=O)NC4=O)=CN=C3C2)N1S(=O)(=O)Cc1ccccc1Cl. The van der Waals surface area contributed by atoms with Crippen molar-refractivity contribution in [3.8, 4) is 0 Å². The van der Waals surface area contributed by atoms with Crippen LogP contribution in [0.25, 0.3) is 0 Å². The number of sulfonamides is 1. The lowest BCUT2D eigenvalue weighted by molar-refractivity contribution is -0.362. The minimum absolute atomic E-state index is 0.196. The molecule has 2 atom stereocenters. The van der Waals surface area contributed by atoms with Crippen molar-refractivity contribution in [2.45, 2.75) is 44.0 Å². The van der Waals surface area contributed by atoms with Gasteiger partial charge in [-0.15, -0.1) is 4.99 Å². The topological polar surface area (TPSA) is 131 Å². The first kappa shape index (κ1) is 29.0. The quantitative estimate of drug-likeness (QED) is 0.459. The van der Waals surface area contributed by atoms with E-state index in [4.69, 9.17) is 11.6 Å². The molecular formula is C30H30ClN6O5S+. The van der Waals surface area contributed by atoms with E-state index < -0.39 is 34.0 Å². The molecule has 2 aromatic rings. The summed E-state index contributed by atoms with van der Waals surface area (Å²) < 4.78 is 30.8. The van der Waals surface area contributed by atoms with Crippen molar-refractivity contribution in [1.82, 2.24) is 19.8 Å². The van der Waals surface area contributed by atoms with Crippen LogP contribution in [0, 0.1) is 0 Å². The number of hydrogen-bond acceptors (Lipinski definition) is 6. The summed E-state index contributed by atoms with van der Waals surface area (Å²) in [7, 11) is -3.95. The molecule has 0 bridgehead atoms. The molecular weight excluding hydrogens is 592 g/mol. The highest BCUT2D eigenvalue weighted by molar-refractivity contribution is 7.88. The predicted octanol–water partition coefficient (Wildman–Crippen LogP) is 2.84. The zero-order valence-corrected chi connectivity index (χ0v) is 24.9. The molecule has 43 heavy (non-hydrogen) atoms. The Hall–Kier alpha value is -4.13. The molecule has 2 aromatic carbocycles. The Labute approximate surface area is 254 Å². The number of hydrogen-bond donors (Lipinski definition) is 2. The number of rotatable bonds is 7. The van der Waals surface area contributed by atoms with Crippen molar-refractivity contribution in [2.24, 2.45) is 4.99 Å². The van der Waals surface area contributed by atoms with E-state index in [0.29, 0.717) is 28.7 Å². The van der Waals surface area contributed by atoms with Crippen LogP contribution in [0.3, 0.4) is 0 Å². The van der Waals surface area contributed by atoms with Crippen molar-refractivity contribution in [1.29, 1.82) is 0 Å². The lowest BCUT2D eigenvalue weighted by atomic mass is 9.90. The molecule has 222 valence electrons. The minimum atomic E-state index is -3.95. The molecule has 4 aliphatic rings. The van der Waals surface area contributed by atoms with E-state index in [0.717, 1.165) is 16.7 Å².